The van der Waals surface area contributed by atoms with Gasteiger partial charge in [0.1, 0.15) is 23.2 Å². The van der Waals surface area contributed by atoms with E-state index in [9.17, 15) is 18.8 Å². The molecule has 5 rings (SSSR count). The highest BCUT2D eigenvalue weighted by molar-refractivity contribution is 6.44. The van der Waals surface area contributed by atoms with Crippen molar-refractivity contribution in [1.29, 1.82) is 0 Å². The lowest BCUT2D eigenvalue weighted by Gasteiger charge is -2.27. The molecule has 1 aromatic heterocycles. The van der Waals surface area contributed by atoms with E-state index in [-0.39, 0.29) is 12.1 Å². The summed E-state index contributed by atoms with van der Waals surface area (Å²) in [6.45, 7) is 0.0973. The summed E-state index contributed by atoms with van der Waals surface area (Å²) in [5.74, 6) is -2.75. The van der Waals surface area contributed by atoms with Gasteiger partial charge in [-0.2, -0.15) is 0 Å². The van der Waals surface area contributed by atoms with Gasteiger partial charge in [-0.1, -0.05) is 36.4 Å². The van der Waals surface area contributed by atoms with Gasteiger partial charge in [0.2, 0.25) is 5.78 Å². The van der Waals surface area contributed by atoms with Crippen molar-refractivity contribution < 1.29 is 23.5 Å². The Morgan fingerprint density at radius 2 is 1.64 bits per heavy atom. The molecule has 1 aliphatic rings. The maximum atomic E-state index is 13.5. The number of hydrogen-bond acceptors (Lipinski definition) is 5. The van der Waals surface area contributed by atoms with E-state index >= 15 is 0 Å². The number of carbonyl (C=O) groups is 3. The lowest BCUT2D eigenvalue weighted by molar-refractivity contribution is -0.141. The second-order valence-corrected chi connectivity index (χ2v) is 8.44. The van der Waals surface area contributed by atoms with Crippen LogP contribution in [0.1, 0.15) is 27.5 Å². The quantitative estimate of drug-likeness (QED) is 0.207. The number of ketones is 2. The minimum atomic E-state index is -1.29. The molecule has 0 aliphatic carbocycles. The number of halogens is 1. The fraction of sp³-hybridized carbons (Fsp3) is 0.103. The van der Waals surface area contributed by atoms with E-state index in [4.69, 9.17) is 4.74 Å². The molecule has 3 aromatic carbocycles. The van der Waals surface area contributed by atoms with Gasteiger partial charge in [-0.15, -0.1) is 0 Å². The molecule has 178 valence electrons. The number of carbonyl (C=O) groups excluding carboxylic acids is 3. The number of hydrogen-bond donors (Lipinski definition) is 0. The van der Waals surface area contributed by atoms with Gasteiger partial charge in [0.15, 0.2) is 5.78 Å². The molecule has 0 bridgehead atoms. The number of benzene rings is 3. The molecule has 0 radical (unpaired) electrons. The predicted molar refractivity (Wildman–Crippen MR) is 130 cm³/mol. The Morgan fingerprint density at radius 1 is 0.889 bits per heavy atom. The highest BCUT2D eigenvalue weighted by Crippen LogP contribution is 2.40. The van der Waals surface area contributed by atoms with Crippen LogP contribution in [0.25, 0.3) is 0 Å². The minimum absolute atomic E-state index is 0.0973. The summed E-state index contributed by atoms with van der Waals surface area (Å²) in [6.07, 6.45) is 3.22. The van der Waals surface area contributed by atoms with E-state index in [1.54, 1.807) is 48.8 Å². The molecular weight excluding hydrogens is 459 g/mol. The van der Waals surface area contributed by atoms with Crippen LogP contribution in [-0.2, 0) is 16.1 Å². The molecule has 4 aromatic rings. The normalized spacial score (nSPS) is 17.3. The van der Waals surface area contributed by atoms with Gasteiger partial charge in [0, 0.05) is 24.5 Å². The largest absolute Gasteiger partial charge is 0.457 e. The van der Waals surface area contributed by atoms with Crippen molar-refractivity contribution in [3.8, 4) is 11.5 Å². The SMILES string of the molecule is O=C1C(=O)N(Cc2cccnc2)C(c2cccc(Oc3ccccc3)c2)C1C(=O)c1ccc(F)cc1. The van der Waals surface area contributed by atoms with Crippen LogP contribution in [0.5, 0.6) is 11.5 Å². The lowest BCUT2D eigenvalue weighted by atomic mass is 9.86. The van der Waals surface area contributed by atoms with Crippen LogP contribution >= 0.6 is 0 Å². The van der Waals surface area contributed by atoms with E-state index < -0.39 is 35.3 Å². The third-order valence-corrected chi connectivity index (χ3v) is 6.07. The van der Waals surface area contributed by atoms with Crippen LogP contribution in [0.4, 0.5) is 4.39 Å². The molecule has 2 atom stereocenters. The molecule has 1 amide bonds. The van der Waals surface area contributed by atoms with Gasteiger partial charge >= 0.3 is 0 Å². The maximum absolute atomic E-state index is 13.5. The van der Waals surface area contributed by atoms with Crippen molar-refractivity contribution in [2.45, 2.75) is 12.6 Å². The molecule has 36 heavy (non-hydrogen) atoms. The van der Waals surface area contributed by atoms with Crippen molar-refractivity contribution in [3.05, 3.63) is 126 Å². The fourth-order valence-electron chi connectivity index (χ4n) is 4.40. The number of Topliss-reactive ketones (excluding diaryl/α,β-unsaturated/α-hetero) is 2. The second kappa shape index (κ2) is 9.92. The Kier molecular flexibility index (Phi) is 6.36. The van der Waals surface area contributed by atoms with E-state index in [0.717, 1.165) is 17.7 Å². The zero-order valence-corrected chi connectivity index (χ0v) is 19.1. The maximum Gasteiger partial charge on any atom is 0.291 e. The van der Waals surface area contributed by atoms with E-state index in [2.05, 4.69) is 4.98 Å². The smallest absolute Gasteiger partial charge is 0.291 e. The van der Waals surface area contributed by atoms with Gasteiger partial charge in [0.25, 0.3) is 5.91 Å². The monoisotopic (exact) mass is 480 g/mol. The molecular formula is C29H21FN2O4. The summed E-state index contributed by atoms with van der Waals surface area (Å²) >= 11 is 0. The zero-order valence-electron chi connectivity index (χ0n) is 19.1. The van der Waals surface area contributed by atoms with Crippen molar-refractivity contribution in [2.75, 3.05) is 0 Å². The third kappa shape index (κ3) is 4.63. The molecule has 7 heteroatoms. The highest BCUT2D eigenvalue weighted by atomic mass is 19.1. The molecule has 1 fully saturated rings. The van der Waals surface area contributed by atoms with E-state index in [1.807, 2.05) is 30.3 Å². The number of para-hydroxylation sites is 1. The minimum Gasteiger partial charge on any atom is -0.457 e. The zero-order chi connectivity index (χ0) is 25.1. The van der Waals surface area contributed by atoms with Crippen molar-refractivity contribution in [1.82, 2.24) is 9.88 Å². The Bertz CT molecular complexity index is 1410. The number of rotatable bonds is 7. The van der Waals surface area contributed by atoms with Gasteiger partial charge < -0.3 is 9.64 Å². The molecule has 2 heterocycles. The summed E-state index contributed by atoms with van der Waals surface area (Å²) in [7, 11) is 0. The van der Waals surface area contributed by atoms with Gasteiger partial charge in [-0.25, -0.2) is 4.39 Å². The number of aromatic nitrogens is 1. The molecule has 0 spiro atoms. The lowest BCUT2D eigenvalue weighted by Crippen LogP contribution is -2.30. The average Bonchev–Trinajstić information content (AvgIpc) is 3.15. The summed E-state index contributed by atoms with van der Waals surface area (Å²) in [5.41, 5.74) is 1.45. The molecule has 6 nitrogen and oxygen atoms in total. The first-order valence-corrected chi connectivity index (χ1v) is 11.4. The number of pyridine rings is 1. The summed E-state index contributed by atoms with van der Waals surface area (Å²) in [6, 6.07) is 23.8. The molecule has 0 saturated carbocycles. The number of amides is 1. The Balaban J connectivity index is 1.56. The number of ether oxygens (including phenoxy) is 1. The van der Waals surface area contributed by atoms with E-state index in [0.29, 0.717) is 17.1 Å². The first kappa shape index (κ1) is 23.1. The van der Waals surface area contributed by atoms with Crippen LogP contribution in [-0.4, -0.2) is 27.4 Å². The van der Waals surface area contributed by atoms with E-state index in [1.165, 1.54) is 17.0 Å². The van der Waals surface area contributed by atoms with Crippen LogP contribution in [0.2, 0.25) is 0 Å². The Morgan fingerprint density at radius 3 is 2.36 bits per heavy atom. The first-order chi connectivity index (χ1) is 17.5. The molecule has 0 N–H and O–H groups in total. The van der Waals surface area contributed by atoms with Crippen molar-refractivity contribution in [2.24, 2.45) is 5.92 Å². The summed E-state index contributed by atoms with van der Waals surface area (Å²) < 4.78 is 19.4. The third-order valence-electron chi connectivity index (χ3n) is 6.07. The van der Waals surface area contributed by atoms with Gasteiger partial charge in [-0.3, -0.25) is 19.4 Å². The van der Waals surface area contributed by atoms with Crippen LogP contribution in [0.3, 0.4) is 0 Å². The fourth-order valence-corrected chi connectivity index (χ4v) is 4.40. The summed E-state index contributed by atoms with van der Waals surface area (Å²) in [5, 5.41) is 0. The van der Waals surface area contributed by atoms with Crippen LogP contribution in [0.15, 0.2) is 103 Å². The van der Waals surface area contributed by atoms with Crippen molar-refractivity contribution in [3.63, 3.8) is 0 Å². The number of likely N-dealkylation sites (tertiary alicyclic amines) is 1. The standard InChI is InChI=1S/C29H21FN2O4/c30-22-13-11-20(12-14-22)27(33)25-26(32(29(35)28(25)34)18-19-6-5-15-31-17-19)21-7-4-10-24(16-21)36-23-8-2-1-3-9-23/h1-17,25-26H,18H2. The summed E-state index contributed by atoms with van der Waals surface area (Å²) in [4.78, 5) is 45.4. The van der Waals surface area contributed by atoms with Crippen LogP contribution < -0.4 is 4.74 Å². The Labute approximate surface area is 207 Å². The average molecular weight is 480 g/mol. The van der Waals surface area contributed by atoms with Crippen LogP contribution in [0, 0.1) is 11.7 Å². The number of nitrogens with zero attached hydrogens (tertiary/aromatic N) is 2. The van der Waals surface area contributed by atoms with Gasteiger partial charge in [0.05, 0.1) is 6.04 Å². The molecule has 1 aliphatic heterocycles. The van der Waals surface area contributed by atoms with Crippen molar-refractivity contribution >= 4 is 17.5 Å². The highest BCUT2D eigenvalue weighted by Gasteiger charge is 2.51. The Hall–Kier alpha value is -4.65. The topological polar surface area (TPSA) is 76.6 Å². The van der Waals surface area contributed by atoms with Gasteiger partial charge in [-0.05, 0) is 65.7 Å². The second-order valence-electron chi connectivity index (χ2n) is 8.44. The predicted octanol–water partition coefficient (Wildman–Crippen LogP) is 5.16. The first-order valence-electron chi connectivity index (χ1n) is 11.4. The molecule has 2 unspecified atom stereocenters. The molecule has 1 saturated heterocycles.